The maximum absolute atomic E-state index is 12.9. The van der Waals surface area contributed by atoms with Crippen LogP contribution in [0.25, 0.3) is 6.08 Å². The zero-order valence-electron chi connectivity index (χ0n) is 18.2. The fraction of sp³-hybridized carbons (Fsp3) is 0.222. The summed E-state index contributed by atoms with van der Waals surface area (Å²) in [6.45, 7) is 5.12. The van der Waals surface area contributed by atoms with Crippen molar-refractivity contribution < 1.29 is 14.6 Å². The van der Waals surface area contributed by atoms with Gasteiger partial charge in [-0.25, -0.2) is 0 Å². The molecule has 168 valence electrons. The van der Waals surface area contributed by atoms with E-state index in [9.17, 15) is 9.90 Å². The van der Waals surface area contributed by atoms with Crippen LogP contribution in [-0.4, -0.2) is 46.9 Å². The summed E-state index contributed by atoms with van der Waals surface area (Å²) in [5, 5.41) is 11.1. The lowest BCUT2D eigenvalue weighted by atomic mass is 10.0. The number of hydrogen-bond acceptors (Lipinski definition) is 5. The Balaban J connectivity index is 1.30. The van der Waals surface area contributed by atoms with E-state index in [1.54, 1.807) is 24.3 Å². The Labute approximate surface area is 198 Å². The monoisotopic (exact) mass is 460 g/mol. The predicted octanol–water partition coefficient (Wildman–Crippen LogP) is 4.98. The normalized spacial score (nSPS) is 17.8. The molecule has 1 N–H and O–H groups in total. The highest BCUT2D eigenvalue weighted by Crippen LogP contribution is 2.40. The highest BCUT2D eigenvalue weighted by molar-refractivity contribution is 6.32. The standard InChI is InChI=1S/C27H25ClN2O3/c28-23-9-5-4-8-20(23)16-25-26(32)21-10-11-24(31)22(27(21)33-25)18-30-14-12-29(13-15-30)17-19-6-2-1-3-7-19/h1-11,16,31H,12-15,17-18H2/b25-16-. The average Bonchev–Trinajstić information content (AvgIpc) is 3.14. The number of hydrogen-bond donors (Lipinski definition) is 1. The van der Waals surface area contributed by atoms with Crippen LogP contribution in [0.15, 0.2) is 72.5 Å². The Morgan fingerprint density at radius 3 is 2.27 bits per heavy atom. The number of halogens is 1. The van der Waals surface area contributed by atoms with Crippen LogP contribution in [0.1, 0.15) is 27.0 Å². The summed E-state index contributed by atoms with van der Waals surface area (Å²) in [6.07, 6.45) is 1.66. The SMILES string of the molecule is O=C1/C(=C/c2ccccc2Cl)Oc2c1ccc(O)c2CN1CCN(Cc2ccccc2)CC1. The number of nitrogens with zero attached hydrogens (tertiary/aromatic N) is 2. The lowest BCUT2D eigenvalue weighted by Gasteiger charge is -2.35. The number of carbonyl (C=O) groups is 1. The Hall–Kier alpha value is -3.12. The number of fused-ring (bicyclic) bond motifs is 1. The molecule has 2 aliphatic heterocycles. The van der Waals surface area contributed by atoms with Gasteiger partial charge in [-0.2, -0.15) is 0 Å². The topological polar surface area (TPSA) is 53.0 Å². The molecule has 6 heteroatoms. The van der Waals surface area contributed by atoms with Gasteiger partial charge < -0.3 is 9.84 Å². The molecule has 0 aromatic heterocycles. The van der Waals surface area contributed by atoms with Gasteiger partial charge in [0.1, 0.15) is 11.5 Å². The number of rotatable bonds is 5. The van der Waals surface area contributed by atoms with E-state index in [1.807, 2.05) is 24.3 Å². The van der Waals surface area contributed by atoms with Crippen LogP contribution in [0, 0.1) is 0 Å². The van der Waals surface area contributed by atoms with E-state index in [-0.39, 0.29) is 17.3 Å². The lowest BCUT2D eigenvalue weighted by molar-refractivity contribution is 0.101. The van der Waals surface area contributed by atoms with Crippen LogP contribution in [-0.2, 0) is 13.1 Å². The van der Waals surface area contributed by atoms with Gasteiger partial charge in [0, 0.05) is 44.3 Å². The summed E-state index contributed by atoms with van der Waals surface area (Å²) < 4.78 is 5.99. The summed E-state index contributed by atoms with van der Waals surface area (Å²) in [5.41, 5.74) is 3.16. The maximum atomic E-state index is 12.9. The smallest absolute Gasteiger partial charge is 0.231 e. The van der Waals surface area contributed by atoms with Crippen LogP contribution in [0.3, 0.4) is 0 Å². The van der Waals surface area contributed by atoms with Crippen LogP contribution >= 0.6 is 11.6 Å². The first-order valence-electron chi connectivity index (χ1n) is 11.1. The van der Waals surface area contributed by atoms with E-state index in [0.717, 1.165) is 38.3 Å². The molecule has 0 spiro atoms. The summed E-state index contributed by atoms with van der Waals surface area (Å²) in [4.78, 5) is 17.7. The minimum Gasteiger partial charge on any atom is -0.507 e. The van der Waals surface area contributed by atoms with Gasteiger partial charge in [-0.3, -0.25) is 14.6 Å². The van der Waals surface area contributed by atoms with Gasteiger partial charge in [0.25, 0.3) is 0 Å². The third-order valence-electron chi connectivity index (χ3n) is 6.20. The number of piperazine rings is 1. The van der Waals surface area contributed by atoms with Gasteiger partial charge in [-0.05, 0) is 35.4 Å². The molecule has 3 aromatic carbocycles. The quantitative estimate of drug-likeness (QED) is 0.544. The van der Waals surface area contributed by atoms with Gasteiger partial charge in [0.15, 0.2) is 5.76 Å². The Bertz CT molecular complexity index is 1200. The number of ketones is 1. The molecular weight excluding hydrogens is 436 g/mol. The van der Waals surface area contributed by atoms with Crippen LogP contribution < -0.4 is 4.74 Å². The van der Waals surface area contributed by atoms with Crippen molar-refractivity contribution in [1.29, 1.82) is 0 Å². The zero-order valence-corrected chi connectivity index (χ0v) is 19.0. The van der Waals surface area contributed by atoms with Crippen molar-refractivity contribution in [2.75, 3.05) is 26.2 Å². The molecule has 0 bridgehead atoms. The number of ether oxygens (including phenoxy) is 1. The van der Waals surface area contributed by atoms with E-state index in [0.29, 0.717) is 28.4 Å². The number of carbonyl (C=O) groups excluding carboxylic acids is 1. The van der Waals surface area contributed by atoms with Crippen LogP contribution in [0.5, 0.6) is 11.5 Å². The predicted molar refractivity (Wildman–Crippen MR) is 129 cm³/mol. The fourth-order valence-electron chi connectivity index (χ4n) is 4.35. The molecule has 0 saturated carbocycles. The molecule has 0 radical (unpaired) electrons. The number of phenolic OH excluding ortho intramolecular Hbond substituents is 1. The Morgan fingerprint density at radius 2 is 1.55 bits per heavy atom. The van der Waals surface area contributed by atoms with Crippen LogP contribution in [0.4, 0.5) is 0 Å². The fourth-order valence-corrected chi connectivity index (χ4v) is 4.54. The molecule has 1 saturated heterocycles. The van der Waals surface area contributed by atoms with E-state index >= 15 is 0 Å². The number of aromatic hydroxyl groups is 1. The first-order chi connectivity index (χ1) is 16.1. The van der Waals surface area contributed by atoms with Crippen molar-refractivity contribution in [2.24, 2.45) is 0 Å². The molecule has 0 aliphatic carbocycles. The van der Waals surface area contributed by atoms with E-state index in [2.05, 4.69) is 34.1 Å². The highest BCUT2D eigenvalue weighted by atomic mass is 35.5. The lowest BCUT2D eigenvalue weighted by Crippen LogP contribution is -2.45. The van der Waals surface area contributed by atoms with Crippen LogP contribution in [0.2, 0.25) is 5.02 Å². The third kappa shape index (κ3) is 4.67. The zero-order chi connectivity index (χ0) is 22.8. The van der Waals surface area contributed by atoms with Crippen molar-refractivity contribution in [1.82, 2.24) is 9.80 Å². The van der Waals surface area contributed by atoms with Crippen molar-refractivity contribution in [3.63, 3.8) is 0 Å². The largest absolute Gasteiger partial charge is 0.507 e. The van der Waals surface area contributed by atoms with Gasteiger partial charge >= 0.3 is 0 Å². The van der Waals surface area contributed by atoms with E-state index < -0.39 is 0 Å². The van der Waals surface area contributed by atoms with Crippen molar-refractivity contribution in [2.45, 2.75) is 13.1 Å². The third-order valence-corrected chi connectivity index (χ3v) is 6.55. The van der Waals surface area contributed by atoms with Gasteiger partial charge in [0.2, 0.25) is 5.78 Å². The van der Waals surface area contributed by atoms with Crippen molar-refractivity contribution in [3.05, 3.63) is 99.8 Å². The molecule has 33 heavy (non-hydrogen) atoms. The second kappa shape index (κ2) is 9.40. The summed E-state index contributed by atoms with van der Waals surface area (Å²) in [7, 11) is 0. The number of phenols is 1. The molecule has 0 amide bonds. The summed E-state index contributed by atoms with van der Waals surface area (Å²) in [6, 6.07) is 21.0. The number of benzene rings is 3. The molecule has 0 unspecified atom stereocenters. The summed E-state index contributed by atoms with van der Waals surface area (Å²) in [5.74, 6) is 0.619. The Kier molecular flexibility index (Phi) is 6.18. The molecule has 3 aromatic rings. The number of allylic oxidation sites excluding steroid dienone is 1. The molecule has 1 fully saturated rings. The average molecular weight is 461 g/mol. The second-order valence-electron chi connectivity index (χ2n) is 8.44. The minimum atomic E-state index is -0.196. The molecule has 2 heterocycles. The first-order valence-corrected chi connectivity index (χ1v) is 11.5. The molecule has 0 atom stereocenters. The van der Waals surface area contributed by atoms with E-state index in [4.69, 9.17) is 16.3 Å². The van der Waals surface area contributed by atoms with E-state index in [1.165, 1.54) is 5.56 Å². The molecule has 2 aliphatic rings. The van der Waals surface area contributed by atoms with Gasteiger partial charge in [0.05, 0.1) is 11.1 Å². The molecule has 5 rings (SSSR count). The summed E-state index contributed by atoms with van der Waals surface area (Å²) >= 11 is 6.25. The molecular formula is C27H25ClN2O3. The highest BCUT2D eigenvalue weighted by Gasteiger charge is 2.32. The van der Waals surface area contributed by atoms with Gasteiger partial charge in [-0.1, -0.05) is 60.1 Å². The second-order valence-corrected chi connectivity index (χ2v) is 8.85. The van der Waals surface area contributed by atoms with Crippen molar-refractivity contribution >= 4 is 23.5 Å². The molecule has 5 nitrogen and oxygen atoms in total. The van der Waals surface area contributed by atoms with Gasteiger partial charge in [-0.15, -0.1) is 0 Å². The Morgan fingerprint density at radius 1 is 0.879 bits per heavy atom. The first kappa shape index (κ1) is 21.7. The number of Topliss-reactive ketones (excluding diaryl/α,β-unsaturated/α-hetero) is 1. The minimum absolute atomic E-state index is 0.146. The van der Waals surface area contributed by atoms with Crippen molar-refractivity contribution in [3.8, 4) is 11.5 Å². The maximum Gasteiger partial charge on any atom is 0.231 e.